The molecule has 3 N–H and O–H groups in total. The summed E-state index contributed by atoms with van der Waals surface area (Å²) in [7, 11) is 0. The molecular formula is C21H18F3N3O6S. The van der Waals surface area contributed by atoms with E-state index in [0.29, 0.717) is 29.7 Å². The van der Waals surface area contributed by atoms with E-state index in [1.807, 2.05) is 0 Å². The number of likely N-dealkylation sites (tertiary alicyclic amines) is 1. The molecule has 3 aliphatic rings. The lowest BCUT2D eigenvalue weighted by Gasteiger charge is -2.47. The predicted molar refractivity (Wildman–Crippen MR) is 112 cm³/mol. The summed E-state index contributed by atoms with van der Waals surface area (Å²) in [5.41, 5.74) is 6.68. The van der Waals surface area contributed by atoms with Crippen molar-refractivity contribution in [1.82, 2.24) is 9.80 Å². The van der Waals surface area contributed by atoms with Crippen LogP contribution in [0, 0.1) is 0 Å². The number of carbonyl (C=O) groups is 4. The number of nitrogens with zero attached hydrogens (tertiary/aromatic N) is 2. The molecule has 0 spiro atoms. The molecule has 1 aromatic rings. The number of carboxylic acids is 1. The van der Waals surface area contributed by atoms with Crippen molar-refractivity contribution < 1.29 is 42.2 Å². The summed E-state index contributed by atoms with van der Waals surface area (Å²) in [4.78, 5) is 50.4. The summed E-state index contributed by atoms with van der Waals surface area (Å²) in [5.74, 6) is -4.52. The lowest BCUT2D eigenvalue weighted by atomic mass is 10.0. The number of esters is 1. The molecule has 3 heterocycles. The summed E-state index contributed by atoms with van der Waals surface area (Å²) >= 11 is 1.32. The number of amides is 2. The molecular weight excluding hydrogens is 479 g/mol. The summed E-state index contributed by atoms with van der Waals surface area (Å²) in [6.07, 6.45) is -3.33. The van der Waals surface area contributed by atoms with Crippen molar-refractivity contribution in [1.29, 1.82) is 0 Å². The van der Waals surface area contributed by atoms with Gasteiger partial charge in [0, 0.05) is 24.4 Å². The number of carboxylic acid groups (broad SMARTS) is 1. The number of allylic oxidation sites excluding steroid dienone is 1. The van der Waals surface area contributed by atoms with Crippen LogP contribution in [0.1, 0.15) is 12.0 Å². The fourth-order valence-corrected chi connectivity index (χ4v) is 5.16. The number of hydrogen-bond donors (Lipinski definition) is 2. The molecule has 4 rings (SSSR count). The van der Waals surface area contributed by atoms with E-state index in [4.69, 9.17) is 5.73 Å². The fraction of sp³-hybridized carbons (Fsp3) is 0.333. The number of nitrogens with two attached hydrogens (primary N) is 1. The number of alkyl halides is 3. The van der Waals surface area contributed by atoms with E-state index in [1.165, 1.54) is 40.9 Å². The van der Waals surface area contributed by atoms with Crippen molar-refractivity contribution in [2.45, 2.75) is 30.6 Å². The average molecular weight is 497 g/mol. The highest BCUT2D eigenvalue weighted by Gasteiger charge is 2.51. The van der Waals surface area contributed by atoms with Gasteiger partial charge in [-0.1, -0.05) is 12.1 Å². The van der Waals surface area contributed by atoms with Crippen molar-refractivity contribution in [3.63, 3.8) is 0 Å². The van der Waals surface area contributed by atoms with Crippen LogP contribution >= 0.6 is 11.8 Å². The minimum Gasteiger partial charge on any atom is -0.477 e. The maximum Gasteiger partial charge on any atom is 0.491 e. The highest BCUT2D eigenvalue weighted by molar-refractivity contribution is 8.00. The quantitative estimate of drug-likeness (QED) is 0.270. The minimum atomic E-state index is -5.13. The number of thioether (sulfide) groups is 1. The molecule has 0 bridgehead atoms. The molecule has 9 nitrogen and oxygen atoms in total. The van der Waals surface area contributed by atoms with Crippen LogP contribution < -0.4 is 10.5 Å². The molecule has 0 aliphatic carbocycles. The maximum atomic E-state index is 12.9. The van der Waals surface area contributed by atoms with Gasteiger partial charge in [0.1, 0.15) is 22.9 Å². The van der Waals surface area contributed by atoms with E-state index in [-0.39, 0.29) is 29.7 Å². The molecule has 3 aliphatic heterocycles. The SMILES string of the molecule is N[C@@H]1C(=O)N2C(C(=O)O)=C(C=C3CCN(Cc4cccc(OC(=O)C(F)(F)F)c4)C3=O)CS[C@H]12. The zero-order chi connectivity index (χ0) is 24.8. The first-order valence-electron chi connectivity index (χ1n) is 10.0. The van der Waals surface area contributed by atoms with Crippen LogP contribution in [0.4, 0.5) is 13.2 Å². The molecule has 0 radical (unpaired) electrons. The van der Waals surface area contributed by atoms with Gasteiger partial charge in [0.25, 0.3) is 0 Å². The molecule has 0 saturated carbocycles. The first-order chi connectivity index (χ1) is 16.0. The van der Waals surface area contributed by atoms with Gasteiger partial charge in [-0.3, -0.25) is 14.5 Å². The highest BCUT2D eigenvalue weighted by Crippen LogP contribution is 2.40. The van der Waals surface area contributed by atoms with E-state index in [1.54, 1.807) is 6.07 Å². The molecule has 34 heavy (non-hydrogen) atoms. The molecule has 13 heteroatoms. The van der Waals surface area contributed by atoms with Crippen molar-refractivity contribution in [2.75, 3.05) is 12.3 Å². The Morgan fingerprint density at radius 2 is 2.03 bits per heavy atom. The second kappa shape index (κ2) is 8.80. The van der Waals surface area contributed by atoms with E-state index in [2.05, 4.69) is 4.74 Å². The van der Waals surface area contributed by atoms with Crippen molar-refractivity contribution in [3.05, 3.63) is 52.7 Å². The van der Waals surface area contributed by atoms with Gasteiger partial charge in [0.2, 0.25) is 11.8 Å². The lowest BCUT2D eigenvalue weighted by molar-refractivity contribution is -0.189. The van der Waals surface area contributed by atoms with E-state index < -0.39 is 35.4 Å². The number of β-lactam (4-membered cyclic amide) rings is 1. The van der Waals surface area contributed by atoms with Crippen LogP contribution in [-0.2, 0) is 25.7 Å². The van der Waals surface area contributed by atoms with Gasteiger partial charge in [-0.15, -0.1) is 11.8 Å². The standard InChI is InChI=1S/C21H18F3N3O6S/c22-21(23,24)20(32)33-13-3-1-2-10(6-13)8-26-5-4-11(16(26)28)7-12-9-34-18-14(25)17(29)27(18)15(12)19(30)31/h1-3,6-7,14,18H,4-5,8-9,25H2,(H,30,31)/t14-,18-/m1/s1. The average Bonchev–Trinajstić information content (AvgIpc) is 3.11. The monoisotopic (exact) mass is 497 g/mol. The summed E-state index contributed by atoms with van der Waals surface area (Å²) in [6.45, 7) is 0.352. The Hall–Kier alpha value is -3.32. The zero-order valence-corrected chi connectivity index (χ0v) is 18.2. The Balaban J connectivity index is 1.49. The van der Waals surface area contributed by atoms with Crippen LogP contribution in [0.3, 0.4) is 0 Å². The third kappa shape index (κ3) is 4.40. The predicted octanol–water partition coefficient (Wildman–Crippen LogP) is 1.39. The number of rotatable bonds is 5. The van der Waals surface area contributed by atoms with Crippen LogP contribution in [0.5, 0.6) is 5.75 Å². The molecule has 2 amide bonds. The number of ether oxygens (including phenoxy) is 1. The normalized spacial score (nSPS) is 23.8. The van der Waals surface area contributed by atoms with Gasteiger partial charge in [-0.2, -0.15) is 13.2 Å². The van der Waals surface area contributed by atoms with Crippen LogP contribution in [0.25, 0.3) is 0 Å². The topological polar surface area (TPSA) is 130 Å². The number of fused-ring (bicyclic) bond motifs is 1. The minimum absolute atomic E-state index is 0.0503. The molecule has 2 atom stereocenters. The molecule has 2 saturated heterocycles. The molecule has 180 valence electrons. The zero-order valence-electron chi connectivity index (χ0n) is 17.4. The van der Waals surface area contributed by atoms with Crippen molar-refractivity contribution in [2.24, 2.45) is 5.73 Å². The van der Waals surface area contributed by atoms with Crippen molar-refractivity contribution >= 4 is 35.5 Å². The number of carbonyl (C=O) groups excluding carboxylic acids is 3. The third-order valence-electron chi connectivity index (χ3n) is 5.52. The highest BCUT2D eigenvalue weighted by atomic mass is 32.2. The van der Waals surface area contributed by atoms with Gasteiger partial charge in [-0.05, 0) is 35.8 Å². The van der Waals surface area contributed by atoms with E-state index in [9.17, 15) is 37.5 Å². The second-order valence-electron chi connectivity index (χ2n) is 7.80. The fourth-order valence-electron chi connectivity index (χ4n) is 3.91. The Labute approximate surface area is 195 Å². The van der Waals surface area contributed by atoms with Crippen LogP contribution in [-0.4, -0.2) is 68.5 Å². The maximum absolute atomic E-state index is 12.9. The third-order valence-corrected chi connectivity index (χ3v) is 6.84. The largest absolute Gasteiger partial charge is 0.491 e. The van der Waals surface area contributed by atoms with E-state index >= 15 is 0 Å². The Kier molecular flexibility index (Phi) is 6.16. The molecule has 2 fully saturated rings. The number of hydrogen-bond acceptors (Lipinski definition) is 7. The molecule has 0 aromatic heterocycles. The molecule has 0 unspecified atom stereocenters. The van der Waals surface area contributed by atoms with Crippen molar-refractivity contribution in [3.8, 4) is 5.75 Å². The second-order valence-corrected chi connectivity index (χ2v) is 8.90. The molecule has 1 aromatic carbocycles. The Morgan fingerprint density at radius 3 is 2.71 bits per heavy atom. The Morgan fingerprint density at radius 1 is 1.29 bits per heavy atom. The van der Waals surface area contributed by atoms with Gasteiger partial charge in [-0.25, -0.2) is 9.59 Å². The van der Waals surface area contributed by atoms with Gasteiger partial charge in [0.15, 0.2) is 0 Å². The first kappa shape index (κ1) is 23.8. The number of benzene rings is 1. The smallest absolute Gasteiger partial charge is 0.477 e. The number of aliphatic carboxylic acids is 1. The summed E-state index contributed by atoms with van der Waals surface area (Å²) in [5, 5.41) is 9.18. The number of halogens is 3. The first-order valence-corrected chi connectivity index (χ1v) is 11.1. The Bertz CT molecular complexity index is 1150. The van der Waals surface area contributed by atoms with Gasteiger partial charge < -0.3 is 20.5 Å². The lowest BCUT2D eigenvalue weighted by Crippen LogP contribution is -2.68. The van der Waals surface area contributed by atoms with E-state index in [0.717, 1.165) is 4.90 Å². The summed E-state index contributed by atoms with van der Waals surface area (Å²) in [6, 6.07) is 4.65. The van der Waals surface area contributed by atoms with Crippen LogP contribution in [0.15, 0.2) is 47.2 Å². The van der Waals surface area contributed by atoms with Gasteiger partial charge in [0.05, 0.1) is 0 Å². The van der Waals surface area contributed by atoms with Crippen LogP contribution in [0.2, 0.25) is 0 Å². The summed E-state index contributed by atoms with van der Waals surface area (Å²) < 4.78 is 41.6. The van der Waals surface area contributed by atoms with Gasteiger partial charge >= 0.3 is 18.1 Å².